The number of rotatable bonds is 4. The average Bonchev–Trinajstić information content (AvgIpc) is 3.22. The van der Waals surface area contributed by atoms with Crippen molar-refractivity contribution in [3.05, 3.63) is 57.8 Å². The standard InChI is InChI=1S/C22H26N2OS/c25-21(23-16-7-8-16)19-14-22(20-6-2-1-5-18(19)20)9-11-24(12-10-22)15-17-4-3-13-26-17/h1-6,13,16,19H,7-12,14-15H2,(H,23,25)/t19-/m1/s1. The Kier molecular flexibility index (Phi) is 4.13. The number of hydrogen-bond donors (Lipinski definition) is 1. The Hall–Kier alpha value is -1.65. The highest BCUT2D eigenvalue weighted by Crippen LogP contribution is 2.52. The van der Waals surface area contributed by atoms with Crippen LogP contribution in [0.15, 0.2) is 41.8 Å². The molecule has 0 radical (unpaired) electrons. The summed E-state index contributed by atoms with van der Waals surface area (Å²) in [6.07, 6.45) is 5.65. The maximum Gasteiger partial charge on any atom is 0.227 e. The highest BCUT2D eigenvalue weighted by atomic mass is 32.1. The number of benzene rings is 1. The number of carbonyl (C=O) groups excluding carboxylic acids is 1. The van der Waals surface area contributed by atoms with E-state index in [0.717, 1.165) is 38.9 Å². The number of nitrogens with zero attached hydrogens (tertiary/aromatic N) is 1. The third kappa shape index (κ3) is 2.99. The van der Waals surface area contributed by atoms with Crippen molar-refractivity contribution in [2.24, 2.45) is 0 Å². The van der Waals surface area contributed by atoms with E-state index >= 15 is 0 Å². The number of hydrogen-bond acceptors (Lipinski definition) is 3. The Morgan fingerprint density at radius 1 is 1.15 bits per heavy atom. The van der Waals surface area contributed by atoms with Crippen molar-refractivity contribution in [3.8, 4) is 0 Å². The molecule has 1 spiro atoms. The largest absolute Gasteiger partial charge is 0.353 e. The van der Waals surface area contributed by atoms with E-state index in [0.29, 0.717) is 6.04 Å². The summed E-state index contributed by atoms with van der Waals surface area (Å²) < 4.78 is 0. The van der Waals surface area contributed by atoms with Crippen molar-refractivity contribution >= 4 is 17.2 Å². The smallest absolute Gasteiger partial charge is 0.227 e. The molecular weight excluding hydrogens is 340 g/mol. The van der Waals surface area contributed by atoms with Crippen LogP contribution in [0.2, 0.25) is 0 Å². The second kappa shape index (κ2) is 6.50. The van der Waals surface area contributed by atoms with Gasteiger partial charge in [-0.15, -0.1) is 11.3 Å². The summed E-state index contributed by atoms with van der Waals surface area (Å²) in [7, 11) is 0. The zero-order chi connectivity index (χ0) is 17.6. The SMILES string of the molecule is O=C(NC1CC1)[C@@H]1CC2(CCN(Cc3cccs3)CC2)c2ccccc21. The Morgan fingerprint density at radius 3 is 2.69 bits per heavy atom. The van der Waals surface area contributed by atoms with Gasteiger partial charge < -0.3 is 5.32 Å². The molecule has 1 saturated carbocycles. The van der Waals surface area contributed by atoms with Crippen LogP contribution in [0.1, 0.15) is 54.0 Å². The van der Waals surface area contributed by atoms with Gasteiger partial charge in [0.05, 0.1) is 5.92 Å². The molecule has 2 heterocycles. The fraction of sp³-hybridized carbons (Fsp3) is 0.500. The van der Waals surface area contributed by atoms with Crippen LogP contribution in [-0.4, -0.2) is 29.9 Å². The van der Waals surface area contributed by atoms with Crippen LogP contribution < -0.4 is 5.32 Å². The van der Waals surface area contributed by atoms with Gasteiger partial charge in [-0.3, -0.25) is 9.69 Å². The van der Waals surface area contributed by atoms with E-state index in [1.807, 2.05) is 11.3 Å². The number of thiophene rings is 1. The van der Waals surface area contributed by atoms with E-state index in [1.165, 1.54) is 28.8 Å². The van der Waals surface area contributed by atoms with Gasteiger partial charge in [0.25, 0.3) is 0 Å². The zero-order valence-corrected chi connectivity index (χ0v) is 15.9. The van der Waals surface area contributed by atoms with Gasteiger partial charge in [-0.1, -0.05) is 30.3 Å². The molecule has 1 saturated heterocycles. The maximum absolute atomic E-state index is 12.8. The molecule has 136 valence electrons. The molecule has 1 amide bonds. The minimum atomic E-state index is 0.0515. The topological polar surface area (TPSA) is 32.3 Å². The van der Waals surface area contributed by atoms with Gasteiger partial charge in [0.15, 0.2) is 0 Å². The monoisotopic (exact) mass is 366 g/mol. The fourth-order valence-electron chi connectivity index (χ4n) is 4.89. The zero-order valence-electron chi connectivity index (χ0n) is 15.1. The van der Waals surface area contributed by atoms with Crippen LogP contribution in [0.4, 0.5) is 0 Å². The van der Waals surface area contributed by atoms with E-state index in [-0.39, 0.29) is 17.2 Å². The second-order valence-electron chi connectivity index (χ2n) is 8.26. The lowest BCUT2D eigenvalue weighted by molar-refractivity contribution is -0.123. The summed E-state index contributed by atoms with van der Waals surface area (Å²) in [5, 5.41) is 5.41. The van der Waals surface area contributed by atoms with Crippen molar-refractivity contribution in [1.29, 1.82) is 0 Å². The first kappa shape index (κ1) is 16.5. The first-order chi connectivity index (χ1) is 12.7. The summed E-state index contributed by atoms with van der Waals surface area (Å²) in [6.45, 7) is 3.33. The predicted octanol–water partition coefficient (Wildman–Crippen LogP) is 4.05. The lowest BCUT2D eigenvalue weighted by Gasteiger charge is -2.40. The molecule has 2 aromatic rings. The third-order valence-corrected chi connectivity index (χ3v) is 7.38. The number of nitrogens with one attached hydrogen (secondary N) is 1. The van der Waals surface area contributed by atoms with Crippen molar-refractivity contribution in [2.45, 2.75) is 56.0 Å². The van der Waals surface area contributed by atoms with E-state index < -0.39 is 0 Å². The third-order valence-electron chi connectivity index (χ3n) is 6.52. The van der Waals surface area contributed by atoms with Crippen molar-refractivity contribution in [1.82, 2.24) is 10.2 Å². The molecule has 0 bridgehead atoms. The summed E-state index contributed by atoms with van der Waals surface area (Å²) in [6, 6.07) is 13.5. The molecule has 26 heavy (non-hydrogen) atoms. The number of piperidine rings is 1. The second-order valence-corrected chi connectivity index (χ2v) is 9.29. The Bertz CT molecular complexity index is 788. The molecule has 5 rings (SSSR count). The highest BCUT2D eigenvalue weighted by Gasteiger charge is 2.47. The molecule has 2 aliphatic carbocycles. The van der Waals surface area contributed by atoms with Gasteiger partial charge in [-0.2, -0.15) is 0 Å². The molecule has 1 aliphatic heterocycles. The minimum Gasteiger partial charge on any atom is -0.353 e. The van der Waals surface area contributed by atoms with Gasteiger partial charge >= 0.3 is 0 Å². The number of amides is 1. The van der Waals surface area contributed by atoms with Crippen LogP contribution in [0.3, 0.4) is 0 Å². The summed E-state index contributed by atoms with van der Waals surface area (Å²) in [5.74, 6) is 0.313. The summed E-state index contributed by atoms with van der Waals surface area (Å²) in [4.78, 5) is 16.9. The van der Waals surface area contributed by atoms with Crippen LogP contribution in [0, 0.1) is 0 Å². The first-order valence-electron chi connectivity index (χ1n) is 9.88. The fourth-order valence-corrected chi connectivity index (χ4v) is 5.64. The van der Waals surface area contributed by atoms with Gasteiger partial charge in [0, 0.05) is 17.5 Å². The Balaban J connectivity index is 1.33. The average molecular weight is 367 g/mol. The lowest BCUT2D eigenvalue weighted by atomic mass is 9.73. The van der Waals surface area contributed by atoms with Gasteiger partial charge in [0.2, 0.25) is 5.91 Å². The normalized spacial score (nSPS) is 24.5. The molecular formula is C22H26N2OS. The molecule has 3 nitrogen and oxygen atoms in total. The summed E-state index contributed by atoms with van der Waals surface area (Å²) >= 11 is 1.85. The lowest BCUT2D eigenvalue weighted by Crippen LogP contribution is -2.41. The van der Waals surface area contributed by atoms with E-state index in [1.54, 1.807) is 0 Å². The Labute approximate surface area is 159 Å². The quantitative estimate of drug-likeness (QED) is 0.885. The number of likely N-dealkylation sites (tertiary alicyclic amines) is 1. The van der Waals surface area contributed by atoms with Gasteiger partial charge in [-0.05, 0) is 73.2 Å². The van der Waals surface area contributed by atoms with E-state index in [4.69, 9.17) is 0 Å². The first-order valence-corrected chi connectivity index (χ1v) is 10.8. The molecule has 0 unspecified atom stereocenters. The number of fused-ring (bicyclic) bond motifs is 2. The molecule has 1 atom stereocenters. The summed E-state index contributed by atoms with van der Waals surface area (Å²) in [5.41, 5.74) is 2.94. The predicted molar refractivity (Wildman–Crippen MR) is 105 cm³/mol. The highest BCUT2D eigenvalue weighted by molar-refractivity contribution is 7.09. The van der Waals surface area contributed by atoms with Crippen LogP contribution >= 0.6 is 11.3 Å². The molecule has 4 heteroatoms. The van der Waals surface area contributed by atoms with Crippen molar-refractivity contribution in [3.63, 3.8) is 0 Å². The maximum atomic E-state index is 12.8. The van der Waals surface area contributed by atoms with Crippen LogP contribution in [0.25, 0.3) is 0 Å². The Morgan fingerprint density at radius 2 is 1.96 bits per heavy atom. The van der Waals surface area contributed by atoms with Crippen LogP contribution in [-0.2, 0) is 16.8 Å². The minimum absolute atomic E-state index is 0.0515. The van der Waals surface area contributed by atoms with E-state index in [2.05, 4.69) is 52.0 Å². The molecule has 1 aromatic carbocycles. The molecule has 1 aromatic heterocycles. The van der Waals surface area contributed by atoms with Crippen molar-refractivity contribution in [2.75, 3.05) is 13.1 Å². The molecule has 3 aliphatic rings. The van der Waals surface area contributed by atoms with E-state index in [9.17, 15) is 4.79 Å². The van der Waals surface area contributed by atoms with Gasteiger partial charge in [0.1, 0.15) is 0 Å². The molecule has 2 fully saturated rings. The molecule has 1 N–H and O–H groups in total. The van der Waals surface area contributed by atoms with Crippen LogP contribution in [0.5, 0.6) is 0 Å². The number of carbonyl (C=O) groups is 1. The van der Waals surface area contributed by atoms with Crippen molar-refractivity contribution < 1.29 is 4.79 Å². The van der Waals surface area contributed by atoms with Gasteiger partial charge in [-0.25, -0.2) is 0 Å².